The summed E-state index contributed by atoms with van der Waals surface area (Å²) in [6.07, 6.45) is 0. The number of halogens is 4. The van der Waals surface area contributed by atoms with Crippen LogP contribution in [0.3, 0.4) is 0 Å². The molecule has 0 heterocycles. The normalized spacial score (nSPS) is 14.1. The van der Waals surface area contributed by atoms with Gasteiger partial charge in [-0.05, 0) is 12.1 Å². The highest BCUT2D eigenvalue weighted by molar-refractivity contribution is 7.89. The standard InChI is InChI=1S/C14H4Cl4O8S2/c15-4-2-1-3-5(8(4)16)6-7(12(20)11(3)19)13(27(21,22)23)14(28(24,25)26)10(18)9(6)17/h1-2H,(H,21,22,23)(H,24,25,26). The molecule has 1 aliphatic carbocycles. The third-order valence-electron chi connectivity index (χ3n) is 3.83. The van der Waals surface area contributed by atoms with E-state index in [-0.39, 0.29) is 21.2 Å². The number of benzene rings is 2. The summed E-state index contributed by atoms with van der Waals surface area (Å²) in [7, 11) is -10.9. The molecule has 148 valence electrons. The molecular weight excluding hydrogens is 502 g/mol. The van der Waals surface area contributed by atoms with Crippen LogP contribution in [0, 0.1) is 0 Å². The number of hydrogen-bond acceptors (Lipinski definition) is 6. The molecule has 0 saturated carbocycles. The van der Waals surface area contributed by atoms with E-state index in [0.717, 1.165) is 6.07 Å². The lowest BCUT2D eigenvalue weighted by molar-refractivity contribution is 0.0813. The zero-order valence-electron chi connectivity index (χ0n) is 12.8. The Morgan fingerprint density at radius 3 is 1.68 bits per heavy atom. The van der Waals surface area contributed by atoms with E-state index in [1.807, 2.05) is 0 Å². The number of carbonyl (C=O) groups excluding carboxylic acids is 2. The number of hydrogen-bond donors (Lipinski definition) is 2. The lowest BCUT2D eigenvalue weighted by atomic mass is 9.83. The van der Waals surface area contributed by atoms with Crippen LogP contribution in [0.2, 0.25) is 20.1 Å². The number of rotatable bonds is 2. The summed E-state index contributed by atoms with van der Waals surface area (Å²) >= 11 is 23.9. The fraction of sp³-hybridized carbons (Fsp3) is 0. The second kappa shape index (κ2) is 6.64. The molecule has 0 bridgehead atoms. The third kappa shape index (κ3) is 3.04. The zero-order chi connectivity index (χ0) is 21.3. The van der Waals surface area contributed by atoms with Gasteiger partial charge in [-0.2, -0.15) is 16.8 Å². The Hall–Kier alpha value is -1.24. The molecule has 28 heavy (non-hydrogen) atoms. The van der Waals surface area contributed by atoms with Gasteiger partial charge in [-0.1, -0.05) is 46.4 Å². The van der Waals surface area contributed by atoms with Gasteiger partial charge in [0, 0.05) is 16.7 Å². The van der Waals surface area contributed by atoms with E-state index < -0.39 is 62.8 Å². The smallest absolute Gasteiger partial charge is 0.285 e. The maximum absolute atomic E-state index is 12.6. The van der Waals surface area contributed by atoms with Crippen LogP contribution in [-0.2, 0) is 20.2 Å². The molecular formula is C14H4Cl4O8S2. The van der Waals surface area contributed by atoms with Crippen molar-refractivity contribution in [2.75, 3.05) is 0 Å². The molecule has 2 aromatic rings. The first-order valence-electron chi connectivity index (χ1n) is 6.76. The largest absolute Gasteiger partial charge is 0.297 e. The van der Waals surface area contributed by atoms with E-state index in [1.165, 1.54) is 6.07 Å². The van der Waals surface area contributed by atoms with Gasteiger partial charge in [-0.15, -0.1) is 0 Å². The van der Waals surface area contributed by atoms with Gasteiger partial charge in [0.2, 0.25) is 11.6 Å². The van der Waals surface area contributed by atoms with Gasteiger partial charge in [-0.3, -0.25) is 18.7 Å². The van der Waals surface area contributed by atoms with Crippen LogP contribution in [-0.4, -0.2) is 37.5 Å². The van der Waals surface area contributed by atoms with Crippen molar-refractivity contribution in [2.45, 2.75) is 9.79 Å². The van der Waals surface area contributed by atoms with E-state index in [9.17, 15) is 35.5 Å². The Morgan fingerprint density at radius 1 is 0.643 bits per heavy atom. The average Bonchev–Trinajstić information content (AvgIpc) is 2.55. The van der Waals surface area contributed by atoms with Gasteiger partial charge in [-0.25, -0.2) is 0 Å². The predicted octanol–water partition coefficient (Wildman–Crippen LogP) is 3.84. The van der Waals surface area contributed by atoms with Crippen molar-refractivity contribution in [1.29, 1.82) is 0 Å². The fourth-order valence-corrected chi connectivity index (χ4v) is 6.17. The van der Waals surface area contributed by atoms with Gasteiger partial charge in [0.15, 0.2) is 0 Å². The molecule has 2 N–H and O–H groups in total. The van der Waals surface area contributed by atoms with Crippen molar-refractivity contribution in [3.05, 3.63) is 43.4 Å². The summed E-state index contributed by atoms with van der Waals surface area (Å²) in [5, 5.41) is -2.13. The maximum atomic E-state index is 12.6. The molecule has 2 aromatic carbocycles. The molecule has 3 rings (SSSR count). The molecule has 14 heteroatoms. The molecule has 0 spiro atoms. The Morgan fingerprint density at radius 2 is 1.18 bits per heavy atom. The molecule has 0 amide bonds. The van der Waals surface area contributed by atoms with Crippen LogP contribution in [0.15, 0.2) is 21.9 Å². The summed E-state index contributed by atoms with van der Waals surface area (Å²) in [5.41, 5.74) is -2.22. The van der Waals surface area contributed by atoms with Crippen LogP contribution in [0.25, 0.3) is 11.1 Å². The SMILES string of the molecule is O=C1C(=O)c2c(c(Cl)c(Cl)c(S(=O)(=O)O)c2S(=O)(=O)O)-c2c1ccc(Cl)c2Cl. The topological polar surface area (TPSA) is 143 Å². The monoisotopic (exact) mass is 504 g/mol. The molecule has 0 fully saturated rings. The molecule has 0 atom stereocenters. The van der Waals surface area contributed by atoms with Crippen molar-refractivity contribution in [2.24, 2.45) is 0 Å². The lowest BCUT2D eigenvalue weighted by Crippen LogP contribution is -2.26. The Kier molecular flexibility index (Phi) is 5.09. The van der Waals surface area contributed by atoms with Gasteiger partial charge >= 0.3 is 0 Å². The first-order chi connectivity index (χ1) is 12.7. The van der Waals surface area contributed by atoms with E-state index in [2.05, 4.69) is 0 Å². The molecule has 0 aromatic heterocycles. The highest BCUT2D eigenvalue weighted by Gasteiger charge is 2.43. The van der Waals surface area contributed by atoms with Crippen molar-refractivity contribution in [3.8, 4) is 11.1 Å². The van der Waals surface area contributed by atoms with Crippen molar-refractivity contribution in [1.82, 2.24) is 0 Å². The first-order valence-corrected chi connectivity index (χ1v) is 11.2. The van der Waals surface area contributed by atoms with Crippen LogP contribution in [0.5, 0.6) is 0 Å². The summed E-state index contributed by atoms with van der Waals surface area (Å²) in [6, 6.07) is 2.32. The minimum Gasteiger partial charge on any atom is -0.285 e. The van der Waals surface area contributed by atoms with Crippen LogP contribution in [0.4, 0.5) is 0 Å². The minimum atomic E-state index is -5.51. The highest BCUT2D eigenvalue weighted by Crippen LogP contribution is 2.51. The van der Waals surface area contributed by atoms with Crippen LogP contribution in [0.1, 0.15) is 20.7 Å². The Balaban J connectivity index is 2.76. The second-order valence-electron chi connectivity index (χ2n) is 5.43. The van der Waals surface area contributed by atoms with E-state index in [0.29, 0.717) is 0 Å². The number of carbonyl (C=O) groups is 2. The first kappa shape index (κ1) is 21.5. The summed E-state index contributed by atoms with van der Waals surface area (Å²) in [4.78, 5) is 21.9. The van der Waals surface area contributed by atoms with Crippen LogP contribution < -0.4 is 0 Å². The fourth-order valence-electron chi connectivity index (χ4n) is 2.79. The van der Waals surface area contributed by atoms with Gasteiger partial charge < -0.3 is 0 Å². The Bertz CT molecular complexity index is 1330. The third-order valence-corrected chi connectivity index (χ3v) is 7.58. The van der Waals surface area contributed by atoms with E-state index in [1.54, 1.807) is 0 Å². The van der Waals surface area contributed by atoms with Crippen LogP contribution >= 0.6 is 46.4 Å². The second-order valence-corrected chi connectivity index (χ2v) is 9.69. The number of Topliss-reactive ketones (excluding diaryl/α,β-unsaturated/α-hetero) is 2. The van der Waals surface area contributed by atoms with Crippen molar-refractivity contribution < 1.29 is 35.5 Å². The van der Waals surface area contributed by atoms with Crippen molar-refractivity contribution >= 4 is 78.2 Å². The average molecular weight is 506 g/mol. The molecule has 0 saturated heterocycles. The Labute approximate surface area is 177 Å². The van der Waals surface area contributed by atoms with Gasteiger partial charge in [0.05, 0.1) is 25.7 Å². The summed E-state index contributed by atoms with van der Waals surface area (Å²) in [5.74, 6) is -2.79. The molecule has 8 nitrogen and oxygen atoms in total. The number of fused-ring (bicyclic) bond motifs is 3. The minimum absolute atomic E-state index is 0.104. The van der Waals surface area contributed by atoms with Gasteiger partial charge in [0.1, 0.15) is 9.79 Å². The quantitative estimate of drug-likeness (QED) is 0.462. The highest BCUT2D eigenvalue weighted by atomic mass is 35.5. The number of ketones is 2. The van der Waals surface area contributed by atoms with Crippen molar-refractivity contribution in [3.63, 3.8) is 0 Å². The lowest BCUT2D eigenvalue weighted by Gasteiger charge is -2.24. The molecule has 1 aliphatic rings. The maximum Gasteiger partial charge on any atom is 0.297 e. The summed E-state index contributed by atoms with van der Waals surface area (Å²) in [6.45, 7) is 0. The molecule has 0 unspecified atom stereocenters. The van der Waals surface area contributed by atoms with Gasteiger partial charge in [0.25, 0.3) is 20.2 Å². The molecule has 0 radical (unpaired) electrons. The zero-order valence-corrected chi connectivity index (χ0v) is 17.5. The predicted molar refractivity (Wildman–Crippen MR) is 100 cm³/mol. The van der Waals surface area contributed by atoms with E-state index in [4.69, 9.17) is 46.4 Å². The molecule has 0 aliphatic heterocycles. The summed E-state index contributed by atoms with van der Waals surface area (Å²) < 4.78 is 66.2. The van der Waals surface area contributed by atoms with E-state index >= 15 is 0 Å².